The molecular formula is C25H22F5N3O4. The summed E-state index contributed by atoms with van der Waals surface area (Å²) in [5.74, 6) is -4.13. The summed E-state index contributed by atoms with van der Waals surface area (Å²) in [6.07, 6.45) is -1.59. The highest BCUT2D eigenvalue weighted by Gasteiger charge is 2.53. The number of benzene rings is 2. The number of halogens is 5. The third-order valence-electron chi connectivity index (χ3n) is 5.96. The van der Waals surface area contributed by atoms with E-state index in [0.29, 0.717) is 18.2 Å². The third-order valence-corrected chi connectivity index (χ3v) is 5.96. The van der Waals surface area contributed by atoms with Gasteiger partial charge in [0.2, 0.25) is 5.91 Å². The average Bonchev–Trinajstić information content (AvgIpc) is 3.48. The number of carbonyl (C=O) groups excluding carboxylic acids is 2. The second-order valence-corrected chi connectivity index (χ2v) is 8.41. The Kier molecular flexibility index (Phi) is 6.94. The van der Waals surface area contributed by atoms with Gasteiger partial charge in [-0.2, -0.15) is 5.10 Å². The summed E-state index contributed by atoms with van der Waals surface area (Å²) in [6.45, 7) is 3.98. The van der Waals surface area contributed by atoms with E-state index in [1.807, 2.05) is 6.92 Å². The third kappa shape index (κ3) is 5.42. The molecule has 1 aromatic heterocycles. The van der Waals surface area contributed by atoms with E-state index < -0.39 is 41.0 Å². The Morgan fingerprint density at radius 3 is 2.41 bits per heavy atom. The Morgan fingerprint density at radius 1 is 1.11 bits per heavy atom. The summed E-state index contributed by atoms with van der Waals surface area (Å²) in [5, 5.41) is 6.61. The summed E-state index contributed by atoms with van der Waals surface area (Å²) >= 11 is 0. The van der Waals surface area contributed by atoms with Crippen LogP contribution in [-0.2, 0) is 21.5 Å². The Balaban J connectivity index is 1.64. The predicted molar refractivity (Wildman–Crippen MR) is 122 cm³/mol. The van der Waals surface area contributed by atoms with E-state index in [1.165, 1.54) is 12.3 Å². The minimum atomic E-state index is -5.00. The molecule has 4 rings (SSSR count). The van der Waals surface area contributed by atoms with Crippen molar-refractivity contribution in [3.05, 3.63) is 65.5 Å². The zero-order chi connectivity index (χ0) is 27.0. The molecular weight excluding hydrogens is 501 g/mol. The van der Waals surface area contributed by atoms with Gasteiger partial charge in [0.05, 0.1) is 23.8 Å². The van der Waals surface area contributed by atoms with Gasteiger partial charge in [0, 0.05) is 41.2 Å². The van der Waals surface area contributed by atoms with Gasteiger partial charge in [0.25, 0.3) is 0 Å². The number of aryl methyl sites for hydroxylation is 1. The molecule has 0 bridgehead atoms. The molecule has 12 heteroatoms. The van der Waals surface area contributed by atoms with Crippen LogP contribution >= 0.6 is 0 Å². The van der Waals surface area contributed by atoms with Gasteiger partial charge in [-0.05, 0) is 44.9 Å². The van der Waals surface area contributed by atoms with Crippen molar-refractivity contribution in [2.24, 2.45) is 0 Å². The summed E-state index contributed by atoms with van der Waals surface area (Å²) in [4.78, 5) is 25.8. The smallest absolute Gasteiger partial charge is 0.462 e. The molecule has 1 saturated carbocycles. The highest BCUT2D eigenvalue weighted by atomic mass is 19.4. The fourth-order valence-corrected chi connectivity index (χ4v) is 4.08. The Morgan fingerprint density at radius 2 is 1.84 bits per heavy atom. The molecule has 1 amide bonds. The van der Waals surface area contributed by atoms with Crippen LogP contribution in [0.15, 0.2) is 42.7 Å². The summed E-state index contributed by atoms with van der Waals surface area (Å²) in [6, 6.07) is 4.81. The first-order chi connectivity index (χ1) is 17.5. The molecule has 37 heavy (non-hydrogen) atoms. The van der Waals surface area contributed by atoms with Crippen molar-refractivity contribution in [3.63, 3.8) is 0 Å². The monoisotopic (exact) mass is 523 g/mol. The Hall–Kier alpha value is -3.96. The molecule has 0 spiro atoms. The summed E-state index contributed by atoms with van der Waals surface area (Å²) in [7, 11) is 0. The van der Waals surface area contributed by atoms with Crippen molar-refractivity contribution in [1.29, 1.82) is 0 Å². The Bertz CT molecular complexity index is 1350. The number of hydrogen-bond donors (Lipinski definition) is 1. The lowest BCUT2D eigenvalue weighted by Crippen LogP contribution is -2.29. The van der Waals surface area contributed by atoms with Gasteiger partial charge < -0.3 is 14.8 Å². The van der Waals surface area contributed by atoms with Crippen LogP contribution in [0, 0.1) is 11.6 Å². The zero-order valence-corrected chi connectivity index (χ0v) is 19.8. The van der Waals surface area contributed by atoms with Crippen molar-refractivity contribution in [1.82, 2.24) is 9.78 Å². The number of rotatable bonds is 8. The second-order valence-electron chi connectivity index (χ2n) is 8.41. The molecule has 0 aliphatic heterocycles. The maximum Gasteiger partial charge on any atom is 0.573 e. The van der Waals surface area contributed by atoms with Crippen LogP contribution in [0.4, 0.5) is 27.6 Å². The zero-order valence-electron chi connectivity index (χ0n) is 19.8. The number of nitrogens with zero attached hydrogens (tertiary/aromatic N) is 2. The minimum Gasteiger partial charge on any atom is -0.462 e. The number of alkyl halides is 3. The number of hydrogen-bond acceptors (Lipinski definition) is 5. The van der Waals surface area contributed by atoms with Crippen LogP contribution in [0.2, 0.25) is 0 Å². The maximum absolute atomic E-state index is 15.3. The molecule has 2 aromatic carbocycles. The number of anilines is 1. The van der Waals surface area contributed by atoms with E-state index in [0.717, 1.165) is 18.2 Å². The minimum absolute atomic E-state index is 0.0289. The van der Waals surface area contributed by atoms with Crippen molar-refractivity contribution >= 4 is 17.6 Å². The highest BCUT2D eigenvalue weighted by Crippen LogP contribution is 2.50. The SMILES string of the molecule is CCOC(=O)c1cc(NC(=O)C2(c3ccc(OC(F)(F)F)cc3F)CC2)cc(F)c1-c1cnn(CC)c1. The molecule has 0 atom stereocenters. The molecule has 196 valence electrons. The predicted octanol–water partition coefficient (Wildman–Crippen LogP) is 5.59. The maximum atomic E-state index is 15.3. The van der Waals surface area contributed by atoms with Crippen LogP contribution < -0.4 is 10.1 Å². The fourth-order valence-electron chi connectivity index (χ4n) is 4.08. The molecule has 1 heterocycles. The van der Waals surface area contributed by atoms with Crippen LogP contribution in [0.1, 0.15) is 42.6 Å². The molecule has 0 radical (unpaired) electrons. The highest BCUT2D eigenvalue weighted by molar-refractivity contribution is 6.04. The van der Waals surface area contributed by atoms with Gasteiger partial charge in [-0.15, -0.1) is 13.2 Å². The van der Waals surface area contributed by atoms with Gasteiger partial charge in [-0.3, -0.25) is 9.48 Å². The number of esters is 1. The van der Waals surface area contributed by atoms with Crippen molar-refractivity contribution in [2.45, 2.75) is 45.0 Å². The first-order valence-electron chi connectivity index (χ1n) is 11.4. The molecule has 3 aromatic rings. The Labute approximate surface area is 208 Å². The topological polar surface area (TPSA) is 82.4 Å². The quantitative estimate of drug-likeness (QED) is 0.307. The molecule has 1 N–H and O–H groups in total. The second kappa shape index (κ2) is 9.83. The van der Waals surface area contributed by atoms with Gasteiger partial charge in [0.1, 0.15) is 17.4 Å². The van der Waals surface area contributed by atoms with E-state index >= 15 is 4.39 Å². The lowest BCUT2D eigenvalue weighted by molar-refractivity contribution is -0.274. The first kappa shape index (κ1) is 26.1. The lowest BCUT2D eigenvalue weighted by atomic mass is 9.93. The van der Waals surface area contributed by atoms with Crippen molar-refractivity contribution in [2.75, 3.05) is 11.9 Å². The molecule has 1 aliphatic rings. The standard InChI is InChI=1S/C25H22F5N3O4/c1-3-33-13-14(12-31-33)21-17(22(34)36-4-2)9-15(10-20(21)27)32-23(35)24(7-8-24)18-6-5-16(11-19(18)26)37-25(28,29)30/h5-6,9-13H,3-4,7-8H2,1-2H3,(H,32,35). The molecule has 1 aliphatic carbocycles. The molecule has 0 saturated heterocycles. The number of ether oxygens (including phenoxy) is 2. The summed E-state index contributed by atoms with van der Waals surface area (Å²) < 4.78 is 77.6. The fraction of sp³-hybridized carbons (Fsp3) is 0.320. The average molecular weight is 523 g/mol. The molecule has 1 fully saturated rings. The largest absolute Gasteiger partial charge is 0.573 e. The van der Waals surface area contributed by atoms with Crippen LogP contribution in [-0.4, -0.2) is 34.6 Å². The molecule has 7 nitrogen and oxygen atoms in total. The normalized spacial score (nSPS) is 14.2. The number of nitrogens with one attached hydrogen (secondary N) is 1. The van der Waals surface area contributed by atoms with E-state index in [9.17, 15) is 27.2 Å². The van der Waals surface area contributed by atoms with Gasteiger partial charge in [-0.25, -0.2) is 13.6 Å². The lowest BCUT2D eigenvalue weighted by Gasteiger charge is -2.19. The molecule has 0 unspecified atom stereocenters. The van der Waals surface area contributed by atoms with E-state index in [-0.39, 0.29) is 41.8 Å². The van der Waals surface area contributed by atoms with Crippen molar-refractivity contribution in [3.8, 4) is 16.9 Å². The van der Waals surface area contributed by atoms with Gasteiger partial charge in [-0.1, -0.05) is 6.07 Å². The number of aromatic nitrogens is 2. The number of carbonyl (C=O) groups is 2. The number of amides is 1. The van der Waals surface area contributed by atoms with E-state index in [1.54, 1.807) is 17.8 Å². The van der Waals surface area contributed by atoms with Gasteiger partial charge >= 0.3 is 12.3 Å². The van der Waals surface area contributed by atoms with Crippen LogP contribution in [0.3, 0.4) is 0 Å². The van der Waals surface area contributed by atoms with Gasteiger partial charge in [0.15, 0.2) is 0 Å². The summed E-state index contributed by atoms with van der Waals surface area (Å²) in [5.41, 5.74) is -1.40. The first-order valence-corrected chi connectivity index (χ1v) is 11.4. The van der Waals surface area contributed by atoms with E-state index in [2.05, 4.69) is 15.2 Å². The van der Waals surface area contributed by atoms with Crippen LogP contribution in [0.5, 0.6) is 5.75 Å². The van der Waals surface area contributed by atoms with Crippen LogP contribution in [0.25, 0.3) is 11.1 Å². The van der Waals surface area contributed by atoms with E-state index in [4.69, 9.17) is 4.74 Å². The van der Waals surface area contributed by atoms with Crippen molar-refractivity contribution < 1.29 is 41.0 Å².